The van der Waals surface area contributed by atoms with E-state index in [2.05, 4.69) is 9.55 Å². The van der Waals surface area contributed by atoms with Gasteiger partial charge in [-0.15, -0.1) is 11.6 Å². The Hall–Kier alpha value is -1.29. The van der Waals surface area contributed by atoms with Crippen molar-refractivity contribution in [3.63, 3.8) is 0 Å². The minimum absolute atomic E-state index is 0.269. The summed E-state index contributed by atoms with van der Waals surface area (Å²) in [6.45, 7) is 0. The molecule has 1 heterocycles. The van der Waals surface area contributed by atoms with Crippen LogP contribution in [0, 0.1) is 5.82 Å². The molecule has 5 heteroatoms. The van der Waals surface area contributed by atoms with Crippen LogP contribution in [0.25, 0.3) is 11.0 Å². The second-order valence-electron chi connectivity index (χ2n) is 4.90. The first kappa shape index (κ1) is 12.7. The first-order valence-electron chi connectivity index (χ1n) is 6.55. The van der Waals surface area contributed by atoms with Gasteiger partial charge in [-0.1, -0.05) is 0 Å². The van der Waals surface area contributed by atoms with Gasteiger partial charge in [0.05, 0.1) is 18.1 Å². The van der Waals surface area contributed by atoms with Crippen molar-refractivity contribution >= 4 is 22.6 Å². The highest BCUT2D eigenvalue weighted by Gasteiger charge is 2.25. The van der Waals surface area contributed by atoms with Crippen LogP contribution >= 0.6 is 11.6 Å². The number of benzene rings is 1. The first-order chi connectivity index (χ1) is 9.24. The Labute approximate surface area is 116 Å². The normalized spacial score (nSPS) is 15.7. The number of ether oxygens (including phenoxy) is 1. The van der Waals surface area contributed by atoms with E-state index in [4.69, 9.17) is 16.3 Å². The molecule has 2 aromatic rings. The van der Waals surface area contributed by atoms with Crippen LogP contribution in [0.3, 0.4) is 0 Å². The zero-order valence-corrected chi connectivity index (χ0v) is 11.6. The molecule has 19 heavy (non-hydrogen) atoms. The fourth-order valence-corrected chi connectivity index (χ4v) is 2.79. The number of imidazole rings is 1. The van der Waals surface area contributed by atoms with E-state index in [9.17, 15) is 4.39 Å². The summed E-state index contributed by atoms with van der Waals surface area (Å²) >= 11 is 5.84. The highest BCUT2D eigenvalue weighted by atomic mass is 35.5. The smallest absolute Gasteiger partial charge is 0.167 e. The van der Waals surface area contributed by atoms with Gasteiger partial charge in [0, 0.05) is 30.5 Å². The fourth-order valence-electron chi connectivity index (χ4n) is 2.62. The molecule has 0 atom stereocenters. The second kappa shape index (κ2) is 5.00. The van der Waals surface area contributed by atoms with Gasteiger partial charge in [-0.25, -0.2) is 9.37 Å². The lowest BCUT2D eigenvalue weighted by Gasteiger charge is -2.29. The number of hydrogen-bond acceptors (Lipinski definition) is 2. The Bertz CT molecular complexity index is 607. The first-order valence-corrected chi connectivity index (χ1v) is 7.08. The summed E-state index contributed by atoms with van der Waals surface area (Å²) in [6.07, 6.45) is 4.25. The Balaban J connectivity index is 2.18. The van der Waals surface area contributed by atoms with Crippen LogP contribution in [0.5, 0.6) is 5.75 Å². The van der Waals surface area contributed by atoms with Crippen molar-refractivity contribution in [2.24, 2.45) is 0 Å². The maximum Gasteiger partial charge on any atom is 0.167 e. The molecular formula is C14H16ClFN2O. The summed E-state index contributed by atoms with van der Waals surface area (Å²) in [5, 5.41) is 0. The third-order valence-corrected chi connectivity index (χ3v) is 3.98. The number of alkyl halides is 1. The molecule has 0 spiro atoms. The lowest BCUT2D eigenvalue weighted by molar-refractivity contribution is 0.313. The number of aryl methyl sites for hydroxylation is 1. The van der Waals surface area contributed by atoms with Gasteiger partial charge in [0.25, 0.3) is 0 Å². The average molecular weight is 283 g/mol. The summed E-state index contributed by atoms with van der Waals surface area (Å²) < 4.78 is 21.0. The zero-order valence-electron chi connectivity index (χ0n) is 10.8. The summed E-state index contributed by atoms with van der Waals surface area (Å²) in [6, 6.07) is 3.66. The summed E-state index contributed by atoms with van der Waals surface area (Å²) in [5.41, 5.74) is 1.63. The van der Waals surface area contributed by atoms with E-state index in [0.717, 1.165) is 24.2 Å². The van der Waals surface area contributed by atoms with Crippen LogP contribution in [0.4, 0.5) is 4.39 Å². The third kappa shape index (κ3) is 2.08. The van der Waals surface area contributed by atoms with E-state index in [-0.39, 0.29) is 11.6 Å². The molecular weight excluding hydrogens is 267 g/mol. The largest absolute Gasteiger partial charge is 0.494 e. The molecule has 1 aromatic heterocycles. The van der Waals surface area contributed by atoms with Crippen LogP contribution in [0.2, 0.25) is 0 Å². The predicted octanol–water partition coefficient (Wildman–Crippen LogP) is 3.69. The number of methoxy groups -OCH3 is 1. The SMILES string of the molecule is COc1cc2c(cc1F)nc(CCCl)n2C1CCC1. The van der Waals surface area contributed by atoms with Crippen molar-refractivity contribution in [3.8, 4) is 5.75 Å². The highest BCUT2D eigenvalue weighted by molar-refractivity contribution is 6.17. The molecule has 0 bridgehead atoms. The van der Waals surface area contributed by atoms with E-state index in [1.165, 1.54) is 19.6 Å². The molecule has 0 N–H and O–H groups in total. The molecule has 0 radical (unpaired) electrons. The molecule has 0 unspecified atom stereocenters. The maximum atomic E-state index is 13.7. The van der Waals surface area contributed by atoms with E-state index in [1.807, 2.05) is 0 Å². The third-order valence-electron chi connectivity index (χ3n) is 3.79. The van der Waals surface area contributed by atoms with Gasteiger partial charge in [0.1, 0.15) is 5.82 Å². The van der Waals surface area contributed by atoms with Gasteiger partial charge in [0.15, 0.2) is 11.6 Å². The van der Waals surface area contributed by atoms with Gasteiger partial charge in [0.2, 0.25) is 0 Å². The predicted molar refractivity (Wildman–Crippen MR) is 73.6 cm³/mol. The van der Waals surface area contributed by atoms with Gasteiger partial charge < -0.3 is 9.30 Å². The molecule has 102 valence electrons. The molecule has 0 saturated heterocycles. The van der Waals surface area contributed by atoms with Gasteiger partial charge in [-0.05, 0) is 19.3 Å². The van der Waals surface area contributed by atoms with E-state index < -0.39 is 0 Å². The van der Waals surface area contributed by atoms with Crippen LogP contribution < -0.4 is 4.74 Å². The van der Waals surface area contributed by atoms with Crippen molar-refractivity contribution in [1.82, 2.24) is 9.55 Å². The molecule has 0 amide bonds. The Morgan fingerprint density at radius 3 is 2.84 bits per heavy atom. The number of hydrogen-bond donors (Lipinski definition) is 0. The molecule has 1 fully saturated rings. The van der Waals surface area contributed by atoms with Crippen LogP contribution in [0.1, 0.15) is 31.1 Å². The van der Waals surface area contributed by atoms with E-state index in [0.29, 0.717) is 23.9 Å². The van der Waals surface area contributed by atoms with E-state index >= 15 is 0 Å². The molecule has 1 aliphatic carbocycles. The summed E-state index contributed by atoms with van der Waals surface area (Å²) in [4.78, 5) is 4.52. The van der Waals surface area contributed by atoms with Crippen LogP contribution in [-0.2, 0) is 6.42 Å². The minimum atomic E-state index is -0.370. The lowest BCUT2D eigenvalue weighted by Crippen LogP contribution is -2.19. The van der Waals surface area contributed by atoms with E-state index in [1.54, 1.807) is 6.07 Å². The topological polar surface area (TPSA) is 27.1 Å². The molecule has 1 saturated carbocycles. The standard InChI is InChI=1S/C14H16ClFN2O/c1-19-13-8-12-11(7-10(13)16)17-14(5-6-15)18(12)9-3-2-4-9/h7-9H,2-6H2,1H3. The van der Waals surface area contributed by atoms with Crippen molar-refractivity contribution in [3.05, 3.63) is 23.8 Å². The molecule has 0 aliphatic heterocycles. The average Bonchev–Trinajstić information content (AvgIpc) is 2.65. The fraction of sp³-hybridized carbons (Fsp3) is 0.500. The Kier molecular flexibility index (Phi) is 3.35. The van der Waals surface area contributed by atoms with Gasteiger partial charge in [-0.2, -0.15) is 0 Å². The highest BCUT2D eigenvalue weighted by Crippen LogP contribution is 2.37. The van der Waals surface area contributed by atoms with Crippen molar-refractivity contribution in [2.75, 3.05) is 13.0 Å². The summed E-state index contributed by atoms with van der Waals surface area (Å²) in [5.74, 6) is 1.37. The molecule has 1 aromatic carbocycles. The van der Waals surface area contributed by atoms with Gasteiger partial charge in [-0.3, -0.25) is 0 Å². The number of fused-ring (bicyclic) bond motifs is 1. The molecule has 1 aliphatic rings. The van der Waals surface area contributed by atoms with Crippen molar-refractivity contribution in [2.45, 2.75) is 31.7 Å². The quantitative estimate of drug-likeness (QED) is 0.800. The molecule has 3 rings (SSSR count). The molecule has 3 nitrogen and oxygen atoms in total. The second-order valence-corrected chi connectivity index (χ2v) is 5.28. The number of nitrogens with zero attached hydrogens (tertiary/aromatic N) is 2. The monoisotopic (exact) mass is 282 g/mol. The Morgan fingerprint density at radius 2 is 2.26 bits per heavy atom. The van der Waals surface area contributed by atoms with Crippen LogP contribution in [0.15, 0.2) is 12.1 Å². The Morgan fingerprint density at radius 1 is 1.47 bits per heavy atom. The number of rotatable bonds is 4. The minimum Gasteiger partial charge on any atom is -0.494 e. The number of aromatic nitrogens is 2. The summed E-state index contributed by atoms with van der Waals surface area (Å²) in [7, 11) is 1.48. The van der Waals surface area contributed by atoms with Crippen molar-refractivity contribution < 1.29 is 9.13 Å². The van der Waals surface area contributed by atoms with Gasteiger partial charge >= 0.3 is 0 Å². The maximum absolute atomic E-state index is 13.7. The zero-order chi connectivity index (χ0) is 13.4. The number of halogens is 2. The van der Waals surface area contributed by atoms with Crippen LogP contribution in [-0.4, -0.2) is 22.5 Å². The van der Waals surface area contributed by atoms with Crippen molar-refractivity contribution in [1.29, 1.82) is 0 Å². The lowest BCUT2D eigenvalue weighted by atomic mass is 9.92.